The molecule has 0 N–H and O–H groups in total. The quantitative estimate of drug-likeness (QED) is 0.733. The molecule has 3 aliphatic rings. The van der Waals surface area contributed by atoms with E-state index in [1.165, 1.54) is 0 Å². The topological polar surface area (TPSA) is 56.3 Å². The first kappa shape index (κ1) is 20.3. The molecule has 3 heterocycles. The van der Waals surface area contributed by atoms with Gasteiger partial charge in [0.15, 0.2) is 0 Å². The molecule has 0 aromatic heterocycles. The maximum Gasteiger partial charge on any atom is 0.244 e. The summed E-state index contributed by atoms with van der Waals surface area (Å²) in [4.78, 5) is 34.3. The number of hydrogen-bond acceptors (Lipinski definition) is 5. The molecule has 1 aromatic rings. The van der Waals surface area contributed by atoms with Crippen LogP contribution in [0.3, 0.4) is 0 Å². The molecular weight excluding hydrogens is 368 g/mol. The van der Waals surface area contributed by atoms with Gasteiger partial charge in [0.25, 0.3) is 0 Å². The van der Waals surface area contributed by atoms with Gasteiger partial charge in [0.05, 0.1) is 19.8 Å². The van der Waals surface area contributed by atoms with Crippen molar-refractivity contribution in [1.29, 1.82) is 0 Å². The molecular formula is C22H32N4O3. The van der Waals surface area contributed by atoms with Crippen LogP contribution in [-0.4, -0.2) is 104 Å². The first-order valence-corrected chi connectivity index (χ1v) is 10.9. The Morgan fingerprint density at radius 2 is 1.48 bits per heavy atom. The molecule has 29 heavy (non-hydrogen) atoms. The van der Waals surface area contributed by atoms with Gasteiger partial charge in [-0.3, -0.25) is 19.4 Å². The predicted octanol–water partition coefficient (Wildman–Crippen LogP) is 0.827. The number of rotatable bonds is 5. The van der Waals surface area contributed by atoms with Gasteiger partial charge in [0.1, 0.15) is 6.04 Å². The van der Waals surface area contributed by atoms with E-state index >= 15 is 0 Å². The molecule has 4 rings (SSSR count). The molecule has 1 aromatic carbocycles. The molecule has 7 heteroatoms. The van der Waals surface area contributed by atoms with Crippen molar-refractivity contribution >= 4 is 11.8 Å². The van der Waals surface area contributed by atoms with E-state index in [1.807, 2.05) is 28.0 Å². The van der Waals surface area contributed by atoms with Crippen molar-refractivity contribution in [3.05, 3.63) is 35.9 Å². The molecule has 1 unspecified atom stereocenters. The van der Waals surface area contributed by atoms with Gasteiger partial charge in [-0.15, -0.1) is 0 Å². The van der Waals surface area contributed by atoms with E-state index < -0.39 is 0 Å². The molecule has 0 saturated carbocycles. The molecule has 0 radical (unpaired) electrons. The first-order valence-electron chi connectivity index (χ1n) is 10.9. The SMILES string of the molecule is O=C(CN1CCN(C(C(=O)N2CCCC2)c2ccccc2)CC1)N1CCOCC1. The Labute approximate surface area is 173 Å². The van der Waals surface area contributed by atoms with E-state index in [0.29, 0.717) is 32.8 Å². The van der Waals surface area contributed by atoms with Crippen molar-refractivity contribution in [3.8, 4) is 0 Å². The average molecular weight is 401 g/mol. The van der Waals surface area contributed by atoms with Crippen molar-refractivity contribution in [2.75, 3.05) is 72.1 Å². The van der Waals surface area contributed by atoms with Crippen LogP contribution >= 0.6 is 0 Å². The second-order valence-electron chi connectivity index (χ2n) is 8.15. The third kappa shape index (κ3) is 4.97. The predicted molar refractivity (Wildman–Crippen MR) is 110 cm³/mol. The average Bonchev–Trinajstić information content (AvgIpc) is 3.31. The van der Waals surface area contributed by atoms with E-state index in [4.69, 9.17) is 4.74 Å². The van der Waals surface area contributed by atoms with Crippen LogP contribution in [-0.2, 0) is 14.3 Å². The van der Waals surface area contributed by atoms with Crippen LogP contribution in [0.4, 0.5) is 0 Å². The van der Waals surface area contributed by atoms with Crippen LogP contribution in [0.1, 0.15) is 24.4 Å². The lowest BCUT2D eigenvalue weighted by Crippen LogP contribution is -2.54. The Bertz CT molecular complexity index is 679. The summed E-state index contributed by atoms with van der Waals surface area (Å²) >= 11 is 0. The van der Waals surface area contributed by atoms with E-state index in [-0.39, 0.29) is 17.9 Å². The van der Waals surface area contributed by atoms with Gasteiger partial charge in [0.2, 0.25) is 11.8 Å². The smallest absolute Gasteiger partial charge is 0.244 e. The fourth-order valence-electron chi connectivity index (χ4n) is 4.54. The number of benzene rings is 1. The summed E-state index contributed by atoms with van der Waals surface area (Å²) in [5.74, 6) is 0.418. The lowest BCUT2D eigenvalue weighted by Gasteiger charge is -2.40. The Morgan fingerprint density at radius 1 is 0.828 bits per heavy atom. The molecule has 0 aliphatic carbocycles. The molecule has 3 aliphatic heterocycles. The highest BCUT2D eigenvalue weighted by molar-refractivity contribution is 5.83. The number of ether oxygens (including phenoxy) is 1. The van der Waals surface area contributed by atoms with Crippen LogP contribution in [0.25, 0.3) is 0 Å². The summed E-state index contributed by atoms with van der Waals surface area (Å²) in [6.07, 6.45) is 2.20. The van der Waals surface area contributed by atoms with E-state index in [1.54, 1.807) is 0 Å². The molecule has 7 nitrogen and oxygen atoms in total. The maximum absolute atomic E-state index is 13.3. The molecule has 3 saturated heterocycles. The number of carbonyl (C=O) groups is 2. The largest absolute Gasteiger partial charge is 0.378 e. The minimum atomic E-state index is -0.216. The molecule has 0 bridgehead atoms. The molecule has 0 spiro atoms. The highest BCUT2D eigenvalue weighted by Gasteiger charge is 2.34. The Kier molecular flexibility index (Phi) is 6.79. The lowest BCUT2D eigenvalue weighted by molar-refractivity contribution is -0.139. The molecule has 158 valence electrons. The minimum Gasteiger partial charge on any atom is -0.378 e. The number of hydrogen-bond donors (Lipinski definition) is 0. The highest BCUT2D eigenvalue weighted by atomic mass is 16.5. The first-order chi connectivity index (χ1) is 14.2. The van der Waals surface area contributed by atoms with Gasteiger partial charge in [-0.05, 0) is 18.4 Å². The number of piperazine rings is 1. The molecule has 2 amide bonds. The summed E-state index contributed by atoms with van der Waals surface area (Å²) in [5.41, 5.74) is 1.07. The number of morpholine rings is 1. The van der Waals surface area contributed by atoms with Crippen molar-refractivity contribution in [2.45, 2.75) is 18.9 Å². The summed E-state index contributed by atoms with van der Waals surface area (Å²) < 4.78 is 5.34. The van der Waals surface area contributed by atoms with Crippen molar-refractivity contribution in [3.63, 3.8) is 0 Å². The van der Waals surface area contributed by atoms with Crippen LogP contribution in [0.2, 0.25) is 0 Å². The van der Waals surface area contributed by atoms with Gasteiger partial charge >= 0.3 is 0 Å². The van der Waals surface area contributed by atoms with Gasteiger partial charge in [0, 0.05) is 52.4 Å². The van der Waals surface area contributed by atoms with Gasteiger partial charge in [-0.25, -0.2) is 0 Å². The van der Waals surface area contributed by atoms with Crippen LogP contribution in [0.5, 0.6) is 0 Å². The Morgan fingerprint density at radius 3 is 2.14 bits per heavy atom. The van der Waals surface area contributed by atoms with Crippen molar-refractivity contribution in [2.24, 2.45) is 0 Å². The second-order valence-corrected chi connectivity index (χ2v) is 8.15. The second kappa shape index (κ2) is 9.69. The van der Waals surface area contributed by atoms with Crippen molar-refractivity contribution in [1.82, 2.24) is 19.6 Å². The zero-order chi connectivity index (χ0) is 20.1. The van der Waals surface area contributed by atoms with Crippen LogP contribution < -0.4 is 0 Å². The van der Waals surface area contributed by atoms with Gasteiger partial charge in [-0.2, -0.15) is 0 Å². The Balaban J connectivity index is 1.37. The summed E-state index contributed by atoms with van der Waals surface area (Å²) in [6, 6.07) is 9.93. The summed E-state index contributed by atoms with van der Waals surface area (Å²) in [6.45, 7) is 8.09. The zero-order valence-corrected chi connectivity index (χ0v) is 17.2. The zero-order valence-electron chi connectivity index (χ0n) is 17.2. The fourth-order valence-corrected chi connectivity index (χ4v) is 4.54. The highest BCUT2D eigenvalue weighted by Crippen LogP contribution is 2.26. The number of amides is 2. The number of likely N-dealkylation sites (tertiary alicyclic amines) is 1. The molecule has 3 fully saturated rings. The van der Waals surface area contributed by atoms with E-state index in [0.717, 1.165) is 57.7 Å². The van der Waals surface area contributed by atoms with Crippen LogP contribution in [0, 0.1) is 0 Å². The van der Waals surface area contributed by atoms with Gasteiger partial charge < -0.3 is 14.5 Å². The van der Waals surface area contributed by atoms with E-state index in [9.17, 15) is 9.59 Å². The van der Waals surface area contributed by atoms with Crippen molar-refractivity contribution < 1.29 is 14.3 Å². The standard InChI is InChI=1S/C22H32N4O3/c27-20(24-14-16-29-17-15-24)18-23-10-12-25(13-11-23)21(19-6-2-1-3-7-19)22(28)26-8-4-5-9-26/h1-3,6-7,21H,4-5,8-18H2. The summed E-state index contributed by atoms with van der Waals surface area (Å²) in [5, 5.41) is 0. The van der Waals surface area contributed by atoms with Gasteiger partial charge in [-0.1, -0.05) is 30.3 Å². The van der Waals surface area contributed by atoms with E-state index in [2.05, 4.69) is 21.9 Å². The maximum atomic E-state index is 13.3. The lowest BCUT2D eigenvalue weighted by atomic mass is 10.0. The Hall–Kier alpha value is -1.96. The normalized spacial score (nSPS) is 22.6. The third-order valence-electron chi connectivity index (χ3n) is 6.26. The monoisotopic (exact) mass is 400 g/mol. The number of nitrogens with zero attached hydrogens (tertiary/aromatic N) is 4. The number of carbonyl (C=O) groups excluding carboxylic acids is 2. The van der Waals surface area contributed by atoms with Crippen LogP contribution in [0.15, 0.2) is 30.3 Å². The molecule has 1 atom stereocenters. The minimum absolute atomic E-state index is 0.189. The summed E-state index contributed by atoms with van der Waals surface area (Å²) in [7, 11) is 0. The third-order valence-corrected chi connectivity index (χ3v) is 6.26. The fraction of sp³-hybridized carbons (Fsp3) is 0.636.